The third kappa shape index (κ3) is 7.50. The van der Waals surface area contributed by atoms with Crippen molar-refractivity contribution in [1.82, 2.24) is 15.0 Å². The molecule has 0 unspecified atom stereocenters. The van der Waals surface area contributed by atoms with Crippen molar-refractivity contribution in [2.75, 3.05) is 36.8 Å². The van der Waals surface area contributed by atoms with Gasteiger partial charge in [-0.25, -0.2) is 13.2 Å². The average Bonchev–Trinajstić information content (AvgIpc) is 3.32. The zero-order valence-electron chi connectivity index (χ0n) is 25.2. The van der Waals surface area contributed by atoms with Crippen molar-refractivity contribution in [3.63, 3.8) is 0 Å². The number of carbonyl (C=O) groups excluding carboxylic acids is 2. The lowest BCUT2D eigenvalue weighted by atomic mass is 9.99. The normalized spacial score (nSPS) is 17.9. The molecule has 1 aromatic heterocycles. The molecule has 2 aromatic carbocycles. The minimum absolute atomic E-state index is 0.0169. The van der Waals surface area contributed by atoms with Crippen molar-refractivity contribution in [3.8, 4) is 5.75 Å². The summed E-state index contributed by atoms with van der Waals surface area (Å²) in [5.74, 6) is -0.626. The summed E-state index contributed by atoms with van der Waals surface area (Å²) in [4.78, 5) is 29.3. The fraction of sp³-hybridized carbons (Fsp3) is 0.414. The summed E-state index contributed by atoms with van der Waals surface area (Å²) < 4.78 is 78.6. The van der Waals surface area contributed by atoms with Crippen LogP contribution in [0.2, 0.25) is 0 Å². The molecule has 4 rings (SSSR count). The van der Waals surface area contributed by atoms with Gasteiger partial charge in [0.15, 0.2) is 10.7 Å². The van der Waals surface area contributed by atoms with Crippen LogP contribution >= 0.6 is 0 Å². The second-order valence-electron chi connectivity index (χ2n) is 11.0. The first-order chi connectivity index (χ1) is 21.0. The van der Waals surface area contributed by atoms with Crippen LogP contribution in [-0.2, 0) is 16.2 Å². The molecule has 1 aliphatic rings. The molecule has 45 heavy (non-hydrogen) atoms. The molecule has 3 N–H and O–H groups in total. The van der Waals surface area contributed by atoms with Gasteiger partial charge < -0.3 is 29.5 Å². The van der Waals surface area contributed by atoms with E-state index in [0.29, 0.717) is 0 Å². The van der Waals surface area contributed by atoms with E-state index in [1.807, 2.05) is 6.92 Å². The van der Waals surface area contributed by atoms with Crippen LogP contribution in [0.15, 0.2) is 51.9 Å². The van der Waals surface area contributed by atoms with Crippen molar-refractivity contribution in [2.24, 2.45) is 5.92 Å². The Labute approximate surface area is 258 Å². The molecule has 3 amide bonds. The van der Waals surface area contributed by atoms with E-state index in [1.165, 1.54) is 48.9 Å². The molecule has 0 spiro atoms. The Hall–Kier alpha value is -4.31. The van der Waals surface area contributed by atoms with E-state index in [9.17, 15) is 36.3 Å². The fourth-order valence-corrected chi connectivity index (χ4v) is 6.26. The number of amides is 3. The number of urea groups is 1. The number of benzene rings is 2. The number of aliphatic hydroxyl groups is 1. The zero-order chi connectivity index (χ0) is 33.3. The van der Waals surface area contributed by atoms with Crippen molar-refractivity contribution < 1.29 is 45.5 Å². The highest BCUT2D eigenvalue weighted by molar-refractivity contribution is 7.92. The number of nitrogens with one attached hydrogen (secondary N) is 2. The molecule has 0 radical (unpaired) electrons. The van der Waals surface area contributed by atoms with Crippen molar-refractivity contribution in [1.29, 1.82) is 0 Å². The van der Waals surface area contributed by atoms with E-state index in [1.54, 1.807) is 6.92 Å². The third-order valence-corrected chi connectivity index (χ3v) is 9.04. The first kappa shape index (κ1) is 33.6. The van der Waals surface area contributed by atoms with Gasteiger partial charge in [0.1, 0.15) is 17.5 Å². The molecule has 1 aliphatic heterocycles. The maximum absolute atomic E-state index is 13.7. The summed E-state index contributed by atoms with van der Waals surface area (Å²) >= 11 is 0. The highest BCUT2D eigenvalue weighted by Gasteiger charge is 2.35. The molecule has 244 valence electrons. The predicted octanol–water partition coefficient (Wildman–Crippen LogP) is 4.50. The lowest BCUT2D eigenvalue weighted by molar-refractivity contribution is -0.137. The third-order valence-electron chi connectivity index (χ3n) is 7.42. The number of alkyl halides is 3. The number of ether oxygens (including phenoxy) is 1. The van der Waals surface area contributed by atoms with E-state index >= 15 is 0 Å². The van der Waals surface area contributed by atoms with Gasteiger partial charge in [0, 0.05) is 30.9 Å². The van der Waals surface area contributed by atoms with Crippen LogP contribution in [0, 0.1) is 19.8 Å². The van der Waals surface area contributed by atoms with Crippen LogP contribution in [-0.4, -0.2) is 79.3 Å². The van der Waals surface area contributed by atoms with Crippen LogP contribution < -0.4 is 14.8 Å². The topological polar surface area (TPSA) is 154 Å². The number of nitrogens with zero attached hydrogens (tertiary/aromatic N) is 3. The van der Waals surface area contributed by atoms with Crippen LogP contribution in [0.5, 0.6) is 5.75 Å². The van der Waals surface area contributed by atoms with E-state index in [2.05, 4.69) is 15.2 Å². The summed E-state index contributed by atoms with van der Waals surface area (Å²) in [5, 5.41) is 16.1. The Kier molecular flexibility index (Phi) is 9.68. The maximum Gasteiger partial charge on any atom is 0.416 e. The number of hydrogen-bond acceptors (Lipinski definition) is 8. The molecule has 0 fully saturated rings. The van der Waals surface area contributed by atoms with Crippen LogP contribution in [0.3, 0.4) is 0 Å². The number of aliphatic hydroxyl groups excluding tert-OH is 1. The van der Waals surface area contributed by atoms with E-state index in [0.717, 1.165) is 24.3 Å². The highest BCUT2D eigenvalue weighted by Crippen LogP contribution is 2.33. The molecule has 3 atom stereocenters. The van der Waals surface area contributed by atoms with Gasteiger partial charge in [-0.05, 0) is 63.2 Å². The molecule has 12 nitrogen and oxygen atoms in total. The van der Waals surface area contributed by atoms with Crippen molar-refractivity contribution in [3.05, 3.63) is 65.0 Å². The van der Waals surface area contributed by atoms with Gasteiger partial charge in [-0.15, -0.1) is 0 Å². The smallest absolute Gasteiger partial charge is 0.416 e. The molecule has 0 saturated heterocycles. The number of likely N-dealkylation sites (N-methyl/N-ethyl adjacent to an activating group) is 1. The molecule has 3 aromatic rings. The SMILES string of the molecule is Cc1noc(C)c1S(=O)(=O)Nc1ccc2c(c1)C(=O)N([C@H](C)CO)C[C@H](C)[C@@H](CN(C)C(=O)Nc1ccc(C(F)(F)F)cc1)O2. The lowest BCUT2D eigenvalue weighted by Gasteiger charge is -2.38. The van der Waals surface area contributed by atoms with Gasteiger partial charge in [0.05, 0.1) is 30.3 Å². The van der Waals surface area contributed by atoms with E-state index in [-0.39, 0.29) is 64.7 Å². The molecule has 0 bridgehead atoms. The Morgan fingerprint density at radius 3 is 2.40 bits per heavy atom. The molecular formula is C29H34F3N5O7S. The molecule has 2 heterocycles. The second-order valence-corrected chi connectivity index (χ2v) is 12.6. The summed E-state index contributed by atoms with van der Waals surface area (Å²) in [6, 6.07) is 7.02. The minimum atomic E-state index is -4.51. The van der Waals surface area contributed by atoms with Gasteiger partial charge in [0.2, 0.25) is 0 Å². The van der Waals surface area contributed by atoms with Gasteiger partial charge in [0.25, 0.3) is 15.9 Å². The highest BCUT2D eigenvalue weighted by atomic mass is 32.2. The number of aromatic nitrogens is 1. The number of halogens is 3. The van der Waals surface area contributed by atoms with Gasteiger partial charge >= 0.3 is 12.2 Å². The second kappa shape index (κ2) is 13.0. The fourth-order valence-electron chi connectivity index (χ4n) is 4.88. The Balaban J connectivity index is 1.59. The number of hydrogen-bond donors (Lipinski definition) is 3. The quantitative estimate of drug-likeness (QED) is 0.321. The Morgan fingerprint density at radius 1 is 1.18 bits per heavy atom. The van der Waals surface area contributed by atoms with Crippen molar-refractivity contribution >= 4 is 33.3 Å². The number of carbonyl (C=O) groups is 2. The summed E-state index contributed by atoms with van der Waals surface area (Å²) in [7, 11) is -2.64. The summed E-state index contributed by atoms with van der Waals surface area (Å²) in [6.45, 7) is 6.23. The number of anilines is 2. The largest absolute Gasteiger partial charge is 0.487 e. The first-order valence-electron chi connectivity index (χ1n) is 13.9. The van der Waals surface area contributed by atoms with Crippen LogP contribution in [0.25, 0.3) is 0 Å². The summed E-state index contributed by atoms with van der Waals surface area (Å²) in [6.07, 6.45) is -5.19. The molecule has 0 saturated carbocycles. The number of sulfonamides is 1. The zero-order valence-corrected chi connectivity index (χ0v) is 26.0. The minimum Gasteiger partial charge on any atom is -0.487 e. The van der Waals surface area contributed by atoms with E-state index < -0.39 is 45.8 Å². The Bertz CT molecular complexity index is 1640. The number of aryl methyl sites for hydroxylation is 2. The lowest BCUT2D eigenvalue weighted by Crippen LogP contribution is -2.50. The predicted molar refractivity (Wildman–Crippen MR) is 157 cm³/mol. The summed E-state index contributed by atoms with van der Waals surface area (Å²) in [5.41, 5.74) is -0.419. The molecule has 16 heteroatoms. The average molecular weight is 654 g/mol. The molecular weight excluding hydrogens is 619 g/mol. The maximum atomic E-state index is 13.7. The number of fused-ring (bicyclic) bond motifs is 1. The van der Waals surface area contributed by atoms with Crippen molar-refractivity contribution in [2.45, 2.75) is 50.9 Å². The Morgan fingerprint density at radius 2 is 1.82 bits per heavy atom. The van der Waals surface area contributed by atoms with Gasteiger partial charge in [-0.2, -0.15) is 13.2 Å². The monoisotopic (exact) mass is 653 g/mol. The van der Waals surface area contributed by atoms with Gasteiger partial charge in [-0.3, -0.25) is 9.52 Å². The number of rotatable bonds is 8. The van der Waals surface area contributed by atoms with Crippen LogP contribution in [0.1, 0.15) is 41.2 Å². The molecule has 0 aliphatic carbocycles. The van der Waals surface area contributed by atoms with Gasteiger partial charge in [-0.1, -0.05) is 12.1 Å². The standard InChI is InChI=1S/C29H34F3N5O7S/c1-16-13-37(17(2)15-38)27(39)23-12-22(35-45(41,42)26-18(3)34-44-19(26)4)10-11-24(23)43-25(16)14-36(5)28(40)33-21-8-6-20(7-9-21)29(30,31)32/h6-12,16-17,25,35,38H,13-15H2,1-5H3,(H,33,40)/t16-,17+,25+/m0/s1. The van der Waals surface area contributed by atoms with Crippen LogP contribution in [0.4, 0.5) is 29.3 Å². The first-order valence-corrected chi connectivity index (χ1v) is 15.4. The van der Waals surface area contributed by atoms with E-state index in [4.69, 9.17) is 9.26 Å².